The molecule has 4 rings (SSSR count). The van der Waals surface area contributed by atoms with Crippen LogP contribution in [0.5, 0.6) is 0 Å². The number of aliphatic hydroxyl groups is 1. The van der Waals surface area contributed by atoms with E-state index in [1.165, 1.54) is 57.8 Å². The van der Waals surface area contributed by atoms with E-state index < -0.39 is 0 Å². The van der Waals surface area contributed by atoms with Crippen LogP contribution >= 0.6 is 0 Å². The zero-order valence-electron chi connectivity index (χ0n) is 24.5. The van der Waals surface area contributed by atoms with Crippen LogP contribution in [-0.4, -0.2) is 28.9 Å². The van der Waals surface area contributed by atoms with Crippen LogP contribution in [0.2, 0.25) is 0 Å². The summed E-state index contributed by atoms with van der Waals surface area (Å²) in [6, 6.07) is 0.302. The highest BCUT2D eigenvalue weighted by Crippen LogP contribution is 2.67. The molecule has 4 aliphatic carbocycles. The lowest BCUT2D eigenvalue weighted by molar-refractivity contribution is -0.156. The molecule has 0 aromatic rings. The monoisotopic (exact) mass is 515 g/mol. The minimum Gasteiger partial charge on any atom is -0.393 e. The number of unbranched alkanes of at least 4 members (excludes halogenated alkanes) is 5. The molecule has 37 heavy (non-hydrogen) atoms. The molecule has 4 aliphatic rings. The first-order valence-electron chi connectivity index (χ1n) is 16.2. The fourth-order valence-electron chi connectivity index (χ4n) is 9.74. The van der Waals surface area contributed by atoms with Crippen molar-refractivity contribution < 1.29 is 14.7 Å². The fourth-order valence-corrected chi connectivity index (χ4v) is 9.74. The van der Waals surface area contributed by atoms with Crippen molar-refractivity contribution in [1.82, 2.24) is 5.32 Å². The Balaban J connectivity index is 1.26. The number of hydrogen-bond acceptors (Lipinski definition) is 3. The van der Waals surface area contributed by atoms with Crippen molar-refractivity contribution in [3.8, 4) is 0 Å². The Morgan fingerprint density at radius 1 is 1.00 bits per heavy atom. The summed E-state index contributed by atoms with van der Waals surface area (Å²) < 4.78 is 0. The largest absolute Gasteiger partial charge is 0.393 e. The molecule has 2 N–H and O–H groups in total. The lowest BCUT2D eigenvalue weighted by atomic mass is 9.42. The smallest absolute Gasteiger partial charge is 0.220 e. The molecular formula is C33H57NO3. The molecule has 1 unspecified atom stereocenters. The molecule has 0 saturated heterocycles. The number of Topliss-reactive ketones (excluding diaryl/α,β-unsaturated/α-hetero) is 1. The third-order valence-corrected chi connectivity index (χ3v) is 12.0. The van der Waals surface area contributed by atoms with Gasteiger partial charge in [-0.05, 0) is 98.7 Å². The highest BCUT2D eigenvalue weighted by Gasteiger charge is 2.62. The van der Waals surface area contributed by atoms with Crippen molar-refractivity contribution >= 4 is 11.7 Å². The number of carbonyl (C=O) groups is 2. The number of ketones is 1. The van der Waals surface area contributed by atoms with E-state index in [0.29, 0.717) is 35.5 Å². The van der Waals surface area contributed by atoms with E-state index in [0.717, 1.165) is 69.1 Å². The SMILES string of the molecule is CCCC(C)NC(=O)CCCCCCCC[C@@H]1C[C@H]2CC(=O)CC[C@]2(C)[C@H]2CC[C@]3(C)[C@@H](O)CC[C@H]3[C@H]12. The third-order valence-electron chi connectivity index (χ3n) is 12.0. The van der Waals surface area contributed by atoms with Gasteiger partial charge in [-0.2, -0.15) is 0 Å². The van der Waals surface area contributed by atoms with Crippen molar-refractivity contribution in [2.75, 3.05) is 0 Å². The molecule has 9 atom stereocenters. The topological polar surface area (TPSA) is 66.4 Å². The first-order chi connectivity index (χ1) is 17.7. The standard InChI is InChI=1S/C33H57NO3/c1-5-12-23(2)34-30(37)14-11-9-7-6-8-10-13-24-21-25-22-26(35)17-19-32(25,3)28-18-20-33(4)27(31(24)28)15-16-29(33)36/h23-25,27-29,31,36H,5-22H2,1-4H3,(H,34,37)/t23?,24-,25+,27+,28+,29+,31+,32+,33+/m1/s1. The Labute approximate surface area is 227 Å². The van der Waals surface area contributed by atoms with Crippen LogP contribution in [0.4, 0.5) is 0 Å². The second-order valence-electron chi connectivity index (χ2n) is 14.3. The molecule has 4 fully saturated rings. The Bertz CT molecular complexity index is 782. The van der Waals surface area contributed by atoms with E-state index in [9.17, 15) is 14.7 Å². The molecule has 0 heterocycles. The summed E-state index contributed by atoms with van der Waals surface area (Å²) in [6.45, 7) is 9.20. The highest BCUT2D eigenvalue weighted by molar-refractivity contribution is 5.79. The van der Waals surface area contributed by atoms with Crippen molar-refractivity contribution in [3.05, 3.63) is 0 Å². The summed E-state index contributed by atoms with van der Waals surface area (Å²) in [7, 11) is 0. The van der Waals surface area contributed by atoms with Gasteiger partial charge in [0, 0.05) is 25.3 Å². The van der Waals surface area contributed by atoms with E-state index >= 15 is 0 Å². The molecule has 0 aromatic heterocycles. The zero-order valence-corrected chi connectivity index (χ0v) is 24.5. The molecule has 0 spiro atoms. The summed E-state index contributed by atoms with van der Waals surface area (Å²) in [5, 5.41) is 14.1. The van der Waals surface area contributed by atoms with Crippen LogP contribution < -0.4 is 5.32 Å². The van der Waals surface area contributed by atoms with E-state index in [1.54, 1.807) is 0 Å². The van der Waals surface area contributed by atoms with Gasteiger partial charge in [0.05, 0.1) is 6.10 Å². The van der Waals surface area contributed by atoms with Gasteiger partial charge in [-0.25, -0.2) is 0 Å². The average Bonchev–Trinajstić information content (AvgIpc) is 3.16. The summed E-state index contributed by atoms with van der Waals surface area (Å²) in [4.78, 5) is 24.5. The lowest BCUT2D eigenvalue weighted by Gasteiger charge is -2.62. The summed E-state index contributed by atoms with van der Waals surface area (Å²) in [5.74, 6) is 4.22. The van der Waals surface area contributed by atoms with Crippen LogP contribution in [0.25, 0.3) is 0 Å². The van der Waals surface area contributed by atoms with E-state index in [2.05, 4.69) is 33.0 Å². The average molecular weight is 516 g/mol. The van der Waals surface area contributed by atoms with Gasteiger partial charge in [0.1, 0.15) is 5.78 Å². The molecule has 0 aromatic carbocycles. The van der Waals surface area contributed by atoms with Crippen LogP contribution in [0, 0.1) is 40.4 Å². The second kappa shape index (κ2) is 12.5. The van der Waals surface area contributed by atoms with E-state index in [4.69, 9.17) is 0 Å². The molecule has 4 saturated carbocycles. The number of nitrogens with one attached hydrogen (secondary N) is 1. The fraction of sp³-hybridized carbons (Fsp3) is 0.939. The maximum atomic E-state index is 12.5. The first kappa shape index (κ1) is 29.1. The number of rotatable bonds is 12. The third kappa shape index (κ3) is 6.30. The summed E-state index contributed by atoms with van der Waals surface area (Å²) in [5.41, 5.74) is 0.457. The maximum Gasteiger partial charge on any atom is 0.220 e. The molecule has 212 valence electrons. The van der Waals surface area contributed by atoms with E-state index in [-0.39, 0.29) is 17.4 Å². The minimum absolute atomic E-state index is 0.116. The molecule has 0 aliphatic heterocycles. The number of carbonyl (C=O) groups excluding carboxylic acids is 2. The number of amides is 1. The first-order valence-corrected chi connectivity index (χ1v) is 16.2. The quantitative estimate of drug-likeness (QED) is 0.263. The van der Waals surface area contributed by atoms with E-state index in [1.807, 2.05) is 0 Å². The van der Waals surface area contributed by atoms with Crippen LogP contribution in [-0.2, 0) is 9.59 Å². The van der Waals surface area contributed by atoms with Crippen molar-refractivity contribution in [1.29, 1.82) is 0 Å². The molecule has 1 amide bonds. The Morgan fingerprint density at radius 3 is 2.46 bits per heavy atom. The van der Waals surface area contributed by atoms with Gasteiger partial charge in [-0.3, -0.25) is 9.59 Å². The van der Waals surface area contributed by atoms with Gasteiger partial charge in [-0.1, -0.05) is 65.7 Å². The maximum absolute atomic E-state index is 12.5. The number of aliphatic hydroxyl groups excluding tert-OH is 1. The van der Waals surface area contributed by atoms with Gasteiger partial charge < -0.3 is 10.4 Å². The van der Waals surface area contributed by atoms with Crippen molar-refractivity contribution in [2.45, 2.75) is 155 Å². The van der Waals surface area contributed by atoms with Gasteiger partial charge in [0.2, 0.25) is 5.91 Å². The minimum atomic E-state index is -0.116. The van der Waals surface area contributed by atoms with Crippen molar-refractivity contribution in [3.63, 3.8) is 0 Å². The summed E-state index contributed by atoms with van der Waals surface area (Å²) in [6.07, 6.45) is 19.9. The molecule has 0 radical (unpaired) electrons. The van der Waals surface area contributed by atoms with Crippen LogP contribution in [0.3, 0.4) is 0 Å². The number of fused-ring (bicyclic) bond motifs is 5. The molecule has 0 bridgehead atoms. The highest BCUT2D eigenvalue weighted by atomic mass is 16.3. The van der Waals surface area contributed by atoms with Crippen LogP contribution in [0.1, 0.15) is 143 Å². The van der Waals surface area contributed by atoms with Gasteiger partial charge >= 0.3 is 0 Å². The second-order valence-corrected chi connectivity index (χ2v) is 14.3. The zero-order chi connectivity index (χ0) is 26.6. The van der Waals surface area contributed by atoms with Crippen LogP contribution in [0.15, 0.2) is 0 Å². The van der Waals surface area contributed by atoms with Gasteiger partial charge in [0.15, 0.2) is 0 Å². The predicted octanol–water partition coefficient (Wildman–Crippen LogP) is 7.61. The molecular weight excluding hydrogens is 458 g/mol. The lowest BCUT2D eigenvalue weighted by Crippen LogP contribution is -2.57. The molecule has 4 nitrogen and oxygen atoms in total. The van der Waals surface area contributed by atoms with Gasteiger partial charge in [0.25, 0.3) is 0 Å². The Morgan fingerprint density at radius 2 is 1.70 bits per heavy atom. The molecule has 4 heteroatoms. The number of hydrogen-bond donors (Lipinski definition) is 2. The Kier molecular flexibility index (Phi) is 9.84. The summed E-state index contributed by atoms with van der Waals surface area (Å²) >= 11 is 0. The van der Waals surface area contributed by atoms with Crippen molar-refractivity contribution in [2.24, 2.45) is 40.4 Å². The van der Waals surface area contributed by atoms with Gasteiger partial charge in [-0.15, -0.1) is 0 Å². The Hall–Kier alpha value is -0.900. The predicted molar refractivity (Wildman–Crippen MR) is 151 cm³/mol. The normalized spacial score (nSPS) is 40.0.